The summed E-state index contributed by atoms with van der Waals surface area (Å²) in [4.78, 5) is 21.8. The van der Waals surface area contributed by atoms with Crippen molar-refractivity contribution in [1.29, 1.82) is 0 Å². The smallest absolute Gasteiger partial charge is 0.249 e. The van der Waals surface area contributed by atoms with E-state index in [2.05, 4.69) is 17.4 Å². The van der Waals surface area contributed by atoms with Crippen LogP contribution in [0.4, 0.5) is 5.82 Å². The minimum Gasteiger partial charge on any atom is -0.366 e. The number of hydrogen-bond acceptors (Lipinski definition) is 4. The third kappa shape index (κ3) is 3.54. The topological polar surface area (TPSA) is 85.8 Å². The van der Waals surface area contributed by atoms with Gasteiger partial charge < -0.3 is 11.1 Å². The Morgan fingerprint density at radius 1 is 1.06 bits per heavy atom. The van der Waals surface area contributed by atoms with E-state index in [0.717, 1.165) is 53.8 Å². The van der Waals surface area contributed by atoms with Crippen molar-refractivity contribution in [2.24, 2.45) is 5.73 Å². The third-order valence-corrected chi connectivity index (χ3v) is 5.97. The van der Waals surface area contributed by atoms with E-state index in [1.165, 1.54) is 11.1 Å². The van der Waals surface area contributed by atoms with Gasteiger partial charge in [-0.15, -0.1) is 0 Å². The van der Waals surface area contributed by atoms with E-state index in [4.69, 9.17) is 15.7 Å². The number of nitrogens with one attached hydrogen (secondary N) is 1. The highest BCUT2D eigenvalue weighted by Gasteiger charge is 2.21. The predicted octanol–water partition coefficient (Wildman–Crippen LogP) is 4.32. The molecule has 0 aliphatic heterocycles. The number of aromatic nitrogens is 3. The molecule has 31 heavy (non-hydrogen) atoms. The van der Waals surface area contributed by atoms with Gasteiger partial charge in [0, 0.05) is 28.8 Å². The number of amides is 1. The maximum atomic E-state index is 11.9. The molecule has 0 radical (unpaired) electrons. The van der Waals surface area contributed by atoms with Crippen molar-refractivity contribution in [3.8, 4) is 5.95 Å². The molecule has 1 amide bonds. The zero-order chi connectivity index (χ0) is 21.4. The summed E-state index contributed by atoms with van der Waals surface area (Å²) >= 11 is 0. The molecule has 2 aromatic carbocycles. The van der Waals surface area contributed by atoms with E-state index in [1.807, 2.05) is 47.9 Å². The molecule has 0 bridgehead atoms. The normalized spacial score (nSPS) is 13.2. The molecule has 0 fully saturated rings. The van der Waals surface area contributed by atoms with Gasteiger partial charge in [0.2, 0.25) is 11.9 Å². The Bertz CT molecular complexity index is 1280. The number of hydrogen-bond donors (Lipinski definition) is 2. The molecule has 2 aromatic heterocycles. The van der Waals surface area contributed by atoms with E-state index in [9.17, 15) is 4.79 Å². The molecule has 0 saturated heterocycles. The van der Waals surface area contributed by atoms with Crippen LogP contribution in [-0.2, 0) is 19.4 Å². The van der Waals surface area contributed by atoms with Crippen LogP contribution in [-0.4, -0.2) is 20.4 Å². The number of rotatable bonds is 5. The lowest BCUT2D eigenvalue weighted by Crippen LogP contribution is -2.16. The van der Waals surface area contributed by atoms with Crippen molar-refractivity contribution in [2.45, 2.75) is 39.2 Å². The van der Waals surface area contributed by atoms with Gasteiger partial charge in [-0.3, -0.25) is 9.36 Å². The first-order valence-electron chi connectivity index (χ1n) is 10.7. The lowest BCUT2D eigenvalue weighted by molar-refractivity contribution is 0.100. The van der Waals surface area contributed by atoms with Crippen LogP contribution in [0.5, 0.6) is 0 Å². The van der Waals surface area contributed by atoms with Gasteiger partial charge in [0.1, 0.15) is 5.82 Å². The molecule has 156 valence electrons. The van der Waals surface area contributed by atoms with Gasteiger partial charge in [-0.25, -0.2) is 4.98 Å². The first-order chi connectivity index (χ1) is 15.1. The Labute approximate surface area is 181 Å². The standard InChI is InChI=1S/C25H25N5O/c1-16-14-20-18(23(26)31)11-7-13-22(20)30(16)25-28-21-12-6-5-10-19(21)24(29-25)27-15-17-8-3-2-4-9-17/h2-4,7-9,11,13-14H,5-6,10,12,15H2,1H3,(H2,26,31)(H,27,28,29). The van der Waals surface area contributed by atoms with Crippen molar-refractivity contribution in [3.05, 3.63) is 82.7 Å². The molecule has 1 aliphatic rings. The largest absolute Gasteiger partial charge is 0.366 e. The van der Waals surface area contributed by atoms with Gasteiger partial charge in [0.05, 0.1) is 11.2 Å². The Morgan fingerprint density at radius 3 is 2.68 bits per heavy atom. The molecule has 5 rings (SSSR count). The summed E-state index contributed by atoms with van der Waals surface area (Å²) in [6, 6.07) is 17.9. The van der Waals surface area contributed by atoms with Crippen LogP contribution in [0.3, 0.4) is 0 Å². The number of primary amides is 1. The number of nitrogens with two attached hydrogens (primary N) is 1. The van der Waals surface area contributed by atoms with Gasteiger partial charge in [-0.1, -0.05) is 36.4 Å². The molecule has 0 spiro atoms. The number of carbonyl (C=O) groups excluding carboxylic acids is 1. The van der Waals surface area contributed by atoms with Crippen LogP contribution < -0.4 is 11.1 Å². The average molecular weight is 412 g/mol. The fraction of sp³-hybridized carbons (Fsp3) is 0.240. The summed E-state index contributed by atoms with van der Waals surface area (Å²) in [5, 5.41) is 4.38. The molecular formula is C25H25N5O. The molecule has 3 N–H and O–H groups in total. The number of fused-ring (bicyclic) bond motifs is 2. The Hall–Kier alpha value is -3.67. The lowest BCUT2D eigenvalue weighted by atomic mass is 9.96. The van der Waals surface area contributed by atoms with Crippen molar-refractivity contribution >= 4 is 22.6 Å². The van der Waals surface area contributed by atoms with Crippen LogP contribution in [0, 0.1) is 6.92 Å². The summed E-state index contributed by atoms with van der Waals surface area (Å²) in [6.07, 6.45) is 4.24. The number of nitrogens with zero attached hydrogens (tertiary/aromatic N) is 3. The maximum absolute atomic E-state index is 11.9. The molecule has 6 nitrogen and oxygen atoms in total. The number of carbonyl (C=O) groups is 1. The monoisotopic (exact) mass is 411 g/mol. The quantitative estimate of drug-likeness (QED) is 0.512. The van der Waals surface area contributed by atoms with Gasteiger partial charge in [-0.2, -0.15) is 4.98 Å². The van der Waals surface area contributed by atoms with Gasteiger partial charge in [-0.05, 0) is 56.4 Å². The van der Waals surface area contributed by atoms with E-state index in [1.54, 1.807) is 6.07 Å². The fourth-order valence-corrected chi connectivity index (χ4v) is 4.45. The summed E-state index contributed by atoms with van der Waals surface area (Å²) in [6.45, 7) is 2.71. The van der Waals surface area contributed by atoms with Crippen molar-refractivity contribution in [3.63, 3.8) is 0 Å². The Balaban J connectivity index is 1.62. The summed E-state index contributed by atoms with van der Waals surface area (Å²) in [5.74, 6) is 1.10. The second-order valence-corrected chi connectivity index (χ2v) is 8.07. The second-order valence-electron chi connectivity index (χ2n) is 8.07. The fourth-order valence-electron chi connectivity index (χ4n) is 4.45. The van der Waals surface area contributed by atoms with E-state index >= 15 is 0 Å². The van der Waals surface area contributed by atoms with E-state index in [0.29, 0.717) is 18.1 Å². The maximum Gasteiger partial charge on any atom is 0.249 e. The highest BCUT2D eigenvalue weighted by atomic mass is 16.1. The SMILES string of the molecule is Cc1cc2c(C(N)=O)cccc2n1-c1nc2c(c(NCc3ccccc3)n1)CCCC2. The first-order valence-corrected chi connectivity index (χ1v) is 10.7. The lowest BCUT2D eigenvalue weighted by Gasteiger charge is -2.21. The highest BCUT2D eigenvalue weighted by molar-refractivity contribution is 6.06. The van der Waals surface area contributed by atoms with Crippen LogP contribution in [0.15, 0.2) is 54.6 Å². The van der Waals surface area contributed by atoms with Gasteiger partial charge in [0.25, 0.3) is 0 Å². The predicted molar refractivity (Wildman–Crippen MR) is 123 cm³/mol. The molecule has 4 aromatic rings. The molecule has 0 atom stereocenters. The van der Waals surface area contributed by atoms with Crippen molar-refractivity contribution in [2.75, 3.05) is 5.32 Å². The number of aryl methyl sites for hydroxylation is 2. The van der Waals surface area contributed by atoms with Crippen LogP contribution in [0.2, 0.25) is 0 Å². The van der Waals surface area contributed by atoms with Crippen molar-refractivity contribution < 1.29 is 4.79 Å². The second kappa shape index (κ2) is 7.87. The Kier molecular flexibility index (Phi) is 4.90. The highest BCUT2D eigenvalue weighted by Crippen LogP contribution is 2.30. The molecule has 6 heteroatoms. The molecule has 1 aliphatic carbocycles. The van der Waals surface area contributed by atoms with Crippen LogP contribution >= 0.6 is 0 Å². The van der Waals surface area contributed by atoms with Crippen molar-refractivity contribution in [1.82, 2.24) is 14.5 Å². The van der Waals surface area contributed by atoms with E-state index in [-0.39, 0.29) is 0 Å². The Morgan fingerprint density at radius 2 is 1.87 bits per heavy atom. The zero-order valence-electron chi connectivity index (χ0n) is 17.6. The summed E-state index contributed by atoms with van der Waals surface area (Å²) in [7, 11) is 0. The number of anilines is 1. The van der Waals surface area contributed by atoms with E-state index < -0.39 is 5.91 Å². The molecular weight excluding hydrogens is 386 g/mol. The molecule has 0 saturated carbocycles. The minimum absolute atomic E-state index is 0.431. The average Bonchev–Trinajstić information content (AvgIpc) is 3.13. The van der Waals surface area contributed by atoms with Crippen LogP contribution in [0.25, 0.3) is 16.9 Å². The van der Waals surface area contributed by atoms with Gasteiger partial charge in [0.15, 0.2) is 0 Å². The minimum atomic E-state index is -0.431. The summed E-state index contributed by atoms with van der Waals surface area (Å²) < 4.78 is 2.02. The zero-order valence-corrected chi connectivity index (χ0v) is 17.6. The van der Waals surface area contributed by atoms with Crippen LogP contribution in [0.1, 0.15) is 45.7 Å². The first kappa shape index (κ1) is 19.3. The number of benzene rings is 2. The molecule has 0 unspecified atom stereocenters. The summed E-state index contributed by atoms with van der Waals surface area (Å²) in [5.41, 5.74) is 11.5. The molecule has 2 heterocycles. The van der Waals surface area contributed by atoms with Gasteiger partial charge >= 0.3 is 0 Å². The third-order valence-electron chi connectivity index (χ3n) is 5.97.